The van der Waals surface area contributed by atoms with Gasteiger partial charge >= 0.3 is 11.9 Å². The molecule has 6 rings (SSSR count). The smallest absolute Gasteiger partial charge is 0.338 e. The summed E-state index contributed by atoms with van der Waals surface area (Å²) in [6.45, 7) is 13.0. The number of nitriles is 1. The molecule has 0 N–H and O–H groups in total. The van der Waals surface area contributed by atoms with Crippen LogP contribution in [0.1, 0.15) is 103 Å². The molecule has 0 amide bonds. The molecule has 47 heavy (non-hydrogen) atoms. The van der Waals surface area contributed by atoms with Crippen molar-refractivity contribution >= 4 is 24.0 Å². The van der Waals surface area contributed by atoms with Gasteiger partial charge in [0, 0.05) is 5.41 Å². The predicted octanol–water partition coefficient (Wildman–Crippen LogP) is 7.61. The number of ketones is 1. The van der Waals surface area contributed by atoms with Gasteiger partial charge in [0.05, 0.1) is 29.1 Å². The summed E-state index contributed by atoms with van der Waals surface area (Å²) in [5, 5.41) is 10.3. The number of esters is 2. The zero-order valence-electron chi connectivity index (χ0n) is 29.0. The minimum absolute atomic E-state index is 0.0543. The van der Waals surface area contributed by atoms with Crippen LogP contribution in [0.5, 0.6) is 0 Å². The summed E-state index contributed by atoms with van der Waals surface area (Å²) >= 11 is 0. The third-order valence-corrected chi connectivity index (χ3v) is 14.2. The highest BCUT2D eigenvalue weighted by atomic mass is 16.5. The lowest BCUT2D eigenvalue weighted by Gasteiger charge is -2.70. The van der Waals surface area contributed by atoms with Gasteiger partial charge in [-0.05, 0) is 116 Å². The summed E-state index contributed by atoms with van der Waals surface area (Å²) in [5.41, 5.74) is -0.846. The fraction of sp³-hybridized carbons (Fsp3) is 0.625. The molecule has 7 nitrogen and oxygen atoms in total. The van der Waals surface area contributed by atoms with E-state index < -0.39 is 27.6 Å². The van der Waals surface area contributed by atoms with Gasteiger partial charge in [-0.1, -0.05) is 58.9 Å². The van der Waals surface area contributed by atoms with Gasteiger partial charge in [0.15, 0.2) is 5.78 Å². The van der Waals surface area contributed by atoms with E-state index in [1.54, 1.807) is 24.3 Å². The second-order valence-electron chi connectivity index (χ2n) is 16.9. The van der Waals surface area contributed by atoms with E-state index in [-0.39, 0.29) is 52.5 Å². The second-order valence-corrected chi connectivity index (χ2v) is 16.9. The van der Waals surface area contributed by atoms with E-state index >= 15 is 0 Å². The number of carbonyl (C=O) groups is 4. The van der Waals surface area contributed by atoms with Crippen LogP contribution in [-0.4, -0.2) is 37.7 Å². The minimum Gasteiger partial charge on any atom is -0.469 e. The van der Waals surface area contributed by atoms with Crippen molar-refractivity contribution in [3.63, 3.8) is 0 Å². The highest BCUT2D eigenvalue weighted by molar-refractivity contribution is 6.05. The summed E-state index contributed by atoms with van der Waals surface area (Å²) in [7, 11) is 1.50. The Bertz CT molecular complexity index is 1630. The summed E-state index contributed by atoms with van der Waals surface area (Å²) in [6.07, 6.45) is 9.04. The molecule has 3 unspecified atom stereocenters. The fourth-order valence-electron chi connectivity index (χ4n) is 11.7. The lowest BCUT2D eigenvalue weighted by atomic mass is 9.33. The second kappa shape index (κ2) is 11.0. The van der Waals surface area contributed by atoms with E-state index in [1.165, 1.54) is 7.11 Å². The van der Waals surface area contributed by atoms with E-state index in [9.17, 15) is 24.4 Å². The number of allylic oxidation sites excluding steroid dienone is 4. The first-order chi connectivity index (χ1) is 22.1. The van der Waals surface area contributed by atoms with Gasteiger partial charge in [-0.3, -0.25) is 14.4 Å². The first kappa shape index (κ1) is 33.4. The van der Waals surface area contributed by atoms with Crippen LogP contribution in [0.4, 0.5) is 0 Å². The quantitative estimate of drug-likeness (QED) is 0.241. The zero-order chi connectivity index (χ0) is 34.2. The number of benzene rings is 1. The van der Waals surface area contributed by atoms with Crippen LogP contribution in [-0.2, 0) is 23.9 Å². The van der Waals surface area contributed by atoms with Crippen molar-refractivity contribution in [3.05, 3.63) is 58.7 Å². The van der Waals surface area contributed by atoms with Gasteiger partial charge in [0.1, 0.15) is 19.0 Å². The molecule has 1 aromatic rings. The van der Waals surface area contributed by atoms with Crippen LogP contribution in [0.3, 0.4) is 0 Å². The summed E-state index contributed by atoms with van der Waals surface area (Å²) in [4.78, 5) is 54.0. The maximum absolute atomic E-state index is 14.0. The molecule has 250 valence electrons. The number of Topliss-reactive ketones (excluding diaryl/α,β-unsaturated/α-hetero) is 1. The molecule has 0 heterocycles. The average molecular weight is 640 g/mol. The summed E-state index contributed by atoms with van der Waals surface area (Å²) in [5.74, 6) is -1.04. The molecule has 0 spiro atoms. The molecule has 0 radical (unpaired) electrons. The lowest BCUT2D eigenvalue weighted by Crippen LogP contribution is -2.65. The molecule has 0 bridgehead atoms. The highest BCUT2D eigenvalue weighted by Crippen LogP contribution is 2.76. The minimum atomic E-state index is -1.15. The van der Waals surface area contributed by atoms with Gasteiger partial charge < -0.3 is 9.47 Å². The van der Waals surface area contributed by atoms with E-state index in [0.717, 1.165) is 56.0 Å². The number of hydrogen-bond acceptors (Lipinski definition) is 7. The van der Waals surface area contributed by atoms with Crippen LogP contribution in [0, 0.1) is 61.6 Å². The number of methoxy groups -OCH3 is 1. The topological polar surface area (TPSA) is 111 Å². The third kappa shape index (κ3) is 4.56. The van der Waals surface area contributed by atoms with E-state index in [1.807, 2.05) is 19.1 Å². The van der Waals surface area contributed by atoms with Crippen molar-refractivity contribution in [2.75, 3.05) is 13.7 Å². The van der Waals surface area contributed by atoms with Crippen molar-refractivity contribution in [2.24, 2.45) is 50.2 Å². The summed E-state index contributed by atoms with van der Waals surface area (Å²) in [6, 6.07) is 10.9. The first-order valence-corrected chi connectivity index (χ1v) is 17.2. The number of rotatable bonds is 5. The van der Waals surface area contributed by atoms with Gasteiger partial charge in [0.25, 0.3) is 0 Å². The molecule has 1 aromatic carbocycles. The Morgan fingerprint density at radius 3 is 2.30 bits per heavy atom. The zero-order valence-corrected chi connectivity index (χ0v) is 29.0. The van der Waals surface area contributed by atoms with E-state index in [0.29, 0.717) is 18.4 Å². The monoisotopic (exact) mass is 639 g/mol. The summed E-state index contributed by atoms with van der Waals surface area (Å²) < 4.78 is 11.3. The van der Waals surface area contributed by atoms with Crippen LogP contribution in [0.15, 0.2) is 53.1 Å². The molecular weight excluding hydrogens is 590 g/mol. The van der Waals surface area contributed by atoms with Crippen molar-refractivity contribution in [1.29, 1.82) is 5.26 Å². The third-order valence-electron chi connectivity index (χ3n) is 14.2. The number of ether oxygens (including phenoxy) is 2. The van der Waals surface area contributed by atoms with E-state index in [2.05, 4.69) is 40.7 Å². The maximum atomic E-state index is 14.0. The largest absolute Gasteiger partial charge is 0.469 e. The Morgan fingerprint density at radius 2 is 1.66 bits per heavy atom. The molecule has 0 aromatic heterocycles. The SMILES string of the molecule is COC(=O)[C@]12CCC(C)(C)CC1C1CC(C=O)=C3[C@@]4(C)C=C(C#N)C(=O)[C@@](C)(COC(=O)c5ccccc5)C4CC[C@@]3(C)[C@]1(C)CC2. The Labute approximate surface area is 279 Å². The van der Waals surface area contributed by atoms with Gasteiger partial charge in [-0.2, -0.15) is 5.26 Å². The number of fused-ring (bicyclic) bond motifs is 7. The van der Waals surface area contributed by atoms with Crippen molar-refractivity contribution in [3.8, 4) is 6.07 Å². The molecule has 3 fully saturated rings. The standard InChI is InChI=1S/C40H49NO6/c1-35(2)15-17-40(34(45)46-7)18-16-38(5)28(29(40)21-35)19-26(23-42)31-36(3)20-27(22-41)32(43)37(4,30(36)13-14-39(31,38)6)24-47-33(44)25-11-9-8-10-12-25/h8-12,20,23,28-30H,13-19,21,24H2,1-7H3/t28?,29?,30?,36-,37-,38+,39+,40-/m0/s1. The van der Waals surface area contributed by atoms with E-state index in [4.69, 9.17) is 9.47 Å². The average Bonchev–Trinajstić information content (AvgIpc) is 3.05. The van der Waals surface area contributed by atoms with Crippen LogP contribution < -0.4 is 0 Å². The molecule has 5 aliphatic rings. The molecule has 3 saturated carbocycles. The number of nitrogens with zero attached hydrogens (tertiary/aromatic N) is 1. The predicted molar refractivity (Wildman–Crippen MR) is 177 cm³/mol. The van der Waals surface area contributed by atoms with Crippen LogP contribution in [0.25, 0.3) is 0 Å². The number of hydrogen-bond donors (Lipinski definition) is 0. The van der Waals surface area contributed by atoms with Crippen molar-refractivity contribution in [1.82, 2.24) is 0 Å². The number of carbonyl (C=O) groups excluding carboxylic acids is 4. The number of aldehydes is 1. The molecule has 8 atom stereocenters. The van der Waals surface area contributed by atoms with Gasteiger partial charge in [-0.25, -0.2) is 4.79 Å². The highest BCUT2D eigenvalue weighted by Gasteiger charge is 2.70. The lowest BCUT2D eigenvalue weighted by molar-refractivity contribution is -0.191. The first-order valence-electron chi connectivity index (χ1n) is 17.2. The molecule has 0 saturated heterocycles. The van der Waals surface area contributed by atoms with Crippen LogP contribution >= 0.6 is 0 Å². The molecule has 0 aliphatic heterocycles. The molecule has 5 aliphatic carbocycles. The molecular formula is C40H49NO6. The Balaban J connectivity index is 1.47. The Morgan fingerprint density at radius 1 is 0.979 bits per heavy atom. The van der Waals surface area contributed by atoms with Crippen molar-refractivity contribution < 1.29 is 28.7 Å². The fourth-order valence-corrected chi connectivity index (χ4v) is 11.7. The Hall–Kier alpha value is -3.53. The molecule has 7 heteroatoms. The Kier molecular flexibility index (Phi) is 7.81. The maximum Gasteiger partial charge on any atom is 0.338 e. The van der Waals surface area contributed by atoms with Crippen molar-refractivity contribution in [2.45, 2.75) is 92.9 Å². The normalized spacial score (nSPS) is 40.3. The van der Waals surface area contributed by atoms with Crippen LogP contribution in [0.2, 0.25) is 0 Å². The van der Waals surface area contributed by atoms with Gasteiger partial charge in [0.2, 0.25) is 0 Å². The van der Waals surface area contributed by atoms with Gasteiger partial charge in [-0.15, -0.1) is 0 Å².